The van der Waals surface area contributed by atoms with Crippen molar-refractivity contribution in [2.75, 3.05) is 51.4 Å². The molecule has 9 nitrogen and oxygen atoms in total. The summed E-state index contributed by atoms with van der Waals surface area (Å²) < 4.78 is 0.951. The van der Waals surface area contributed by atoms with Gasteiger partial charge in [0.1, 0.15) is 0 Å². The zero-order chi connectivity index (χ0) is 29.8. The predicted molar refractivity (Wildman–Crippen MR) is 166 cm³/mol. The number of aromatic nitrogens is 1. The second-order valence-corrected chi connectivity index (χ2v) is 12.2. The number of allylic oxidation sites excluding steroid dienone is 1. The highest BCUT2D eigenvalue weighted by molar-refractivity contribution is 7.22. The van der Waals surface area contributed by atoms with Crippen molar-refractivity contribution in [3.63, 3.8) is 0 Å². The van der Waals surface area contributed by atoms with Crippen molar-refractivity contribution in [3.8, 4) is 5.75 Å². The van der Waals surface area contributed by atoms with Crippen molar-refractivity contribution >= 4 is 44.3 Å². The van der Waals surface area contributed by atoms with Gasteiger partial charge in [0.15, 0.2) is 11.5 Å². The number of carbonyl (C=O) groups is 3. The maximum atomic E-state index is 13.1. The monoisotopic (exact) mass is 589 g/mol. The Kier molecular flexibility index (Phi) is 9.35. The van der Waals surface area contributed by atoms with E-state index in [1.807, 2.05) is 43.0 Å². The van der Waals surface area contributed by atoms with Gasteiger partial charge in [0.2, 0.25) is 11.0 Å². The first-order chi connectivity index (χ1) is 20.2. The SMILES string of the molecule is CC(=O)N(Oc1ccc(C(=O)C=CC(=O)N2CCC(N3CCCN(C)CC3)CC2)c(C)c1C)c1nc2ccccc2s1. The third-order valence-corrected chi connectivity index (χ3v) is 9.36. The zero-order valence-electron chi connectivity index (χ0n) is 24.8. The molecule has 2 aromatic carbocycles. The maximum Gasteiger partial charge on any atom is 0.259 e. The number of hydrogen-bond donors (Lipinski definition) is 0. The Hall–Kier alpha value is -3.60. The fourth-order valence-corrected chi connectivity index (χ4v) is 6.62. The van der Waals surface area contributed by atoms with Crippen LogP contribution in [0.2, 0.25) is 0 Å². The molecular formula is C32H39N5O4S. The topological polar surface area (TPSA) is 86.3 Å². The number of anilines is 1. The summed E-state index contributed by atoms with van der Waals surface area (Å²) >= 11 is 1.37. The molecule has 1 aromatic heterocycles. The van der Waals surface area contributed by atoms with E-state index >= 15 is 0 Å². The standard InChI is InChI=1S/C32H39N5O4S/c1-22-23(2)29(41-37(24(3)38)32-33-27-8-5-6-9-30(27)42-32)12-10-26(22)28(39)11-13-31(40)36-18-14-25(15-19-36)35-17-7-16-34(4)20-21-35/h5-6,8-13,25H,7,14-21H2,1-4H3. The van der Waals surface area contributed by atoms with E-state index in [1.165, 1.54) is 41.9 Å². The highest BCUT2D eigenvalue weighted by atomic mass is 32.1. The first-order valence-corrected chi connectivity index (χ1v) is 15.4. The summed E-state index contributed by atoms with van der Waals surface area (Å²) in [5.41, 5.74) is 2.74. The molecule has 0 bridgehead atoms. The summed E-state index contributed by atoms with van der Waals surface area (Å²) in [5.74, 6) is -0.221. The van der Waals surface area contributed by atoms with Gasteiger partial charge in [-0.2, -0.15) is 0 Å². The summed E-state index contributed by atoms with van der Waals surface area (Å²) in [5, 5.41) is 1.62. The van der Waals surface area contributed by atoms with Crippen molar-refractivity contribution in [1.82, 2.24) is 19.7 Å². The summed E-state index contributed by atoms with van der Waals surface area (Å²) in [6.45, 7) is 11.0. The minimum atomic E-state index is -0.309. The second-order valence-electron chi connectivity index (χ2n) is 11.2. The van der Waals surface area contributed by atoms with Crippen LogP contribution in [0.1, 0.15) is 47.7 Å². The van der Waals surface area contributed by atoms with Crippen LogP contribution in [0.5, 0.6) is 5.75 Å². The average Bonchev–Trinajstić information content (AvgIpc) is 3.29. The number of rotatable bonds is 7. The minimum absolute atomic E-state index is 0.125. The normalized spacial score (nSPS) is 17.5. The lowest BCUT2D eigenvalue weighted by Crippen LogP contribution is -2.47. The third kappa shape index (κ3) is 6.72. The number of likely N-dealkylation sites (N-methyl/N-ethyl adjacent to an activating group) is 1. The quantitative estimate of drug-likeness (QED) is 0.226. The molecule has 0 spiro atoms. The Morgan fingerprint density at radius 2 is 1.71 bits per heavy atom. The van der Waals surface area contributed by atoms with Crippen LogP contribution in [-0.4, -0.2) is 89.6 Å². The van der Waals surface area contributed by atoms with Gasteiger partial charge in [0, 0.05) is 50.8 Å². The van der Waals surface area contributed by atoms with Gasteiger partial charge >= 0.3 is 0 Å². The molecule has 2 aliphatic rings. The molecule has 5 rings (SSSR count). The number of fused-ring (bicyclic) bond motifs is 1. The van der Waals surface area contributed by atoms with Crippen molar-refractivity contribution in [2.24, 2.45) is 0 Å². The zero-order valence-corrected chi connectivity index (χ0v) is 25.7. The highest BCUT2D eigenvalue weighted by Gasteiger charge is 2.27. The molecule has 222 valence electrons. The van der Waals surface area contributed by atoms with Crippen LogP contribution in [0.3, 0.4) is 0 Å². The third-order valence-electron chi connectivity index (χ3n) is 8.36. The van der Waals surface area contributed by atoms with Gasteiger partial charge in [-0.3, -0.25) is 19.3 Å². The first kappa shape index (κ1) is 29.9. The molecule has 10 heteroatoms. The first-order valence-electron chi connectivity index (χ1n) is 14.6. The molecule has 0 saturated carbocycles. The van der Waals surface area contributed by atoms with Gasteiger partial charge in [0.25, 0.3) is 5.91 Å². The Labute approximate surface area is 251 Å². The second kappa shape index (κ2) is 13.1. The number of likely N-dealkylation sites (tertiary alicyclic amines) is 1. The molecule has 0 unspecified atom stereocenters. The molecule has 2 fully saturated rings. The molecule has 3 heterocycles. The van der Waals surface area contributed by atoms with Gasteiger partial charge in [-0.15, -0.1) is 5.06 Å². The number of ketones is 1. The molecule has 0 atom stereocenters. The van der Waals surface area contributed by atoms with E-state index in [0.717, 1.165) is 60.4 Å². The van der Waals surface area contributed by atoms with E-state index in [-0.39, 0.29) is 17.6 Å². The number of thiazole rings is 1. The lowest BCUT2D eigenvalue weighted by molar-refractivity contribution is -0.127. The predicted octanol–water partition coefficient (Wildman–Crippen LogP) is 4.63. The summed E-state index contributed by atoms with van der Waals surface area (Å²) in [6, 6.07) is 11.5. The van der Waals surface area contributed by atoms with Gasteiger partial charge in [-0.1, -0.05) is 23.5 Å². The number of para-hydroxylation sites is 1. The van der Waals surface area contributed by atoms with E-state index in [4.69, 9.17) is 4.84 Å². The van der Waals surface area contributed by atoms with Crippen LogP contribution < -0.4 is 9.90 Å². The molecule has 3 aromatic rings. The average molecular weight is 590 g/mol. The van der Waals surface area contributed by atoms with Crippen LogP contribution in [0, 0.1) is 13.8 Å². The van der Waals surface area contributed by atoms with Crippen LogP contribution in [-0.2, 0) is 9.59 Å². The largest absolute Gasteiger partial charge is 0.369 e. The molecule has 0 aliphatic carbocycles. The molecule has 2 saturated heterocycles. The van der Waals surface area contributed by atoms with E-state index in [0.29, 0.717) is 35.6 Å². The van der Waals surface area contributed by atoms with Crippen molar-refractivity contribution in [2.45, 2.75) is 46.1 Å². The van der Waals surface area contributed by atoms with Crippen LogP contribution >= 0.6 is 11.3 Å². The highest BCUT2D eigenvalue weighted by Crippen LogP contribution is 2.32. The van der Waals surface area contributed by atoms with E-state index < -0.39 is 0 Å². The van der Waals surface area contributed by atoms with Gasteiger partial charge < -0.3 is 14.6 Å². The fraction of sp³-hybridized carbons (Fsp3) is 0.438. The summed E-state index contributed by atoms with van der Waals surface area (Å²) in [6.07, 6.45) is 5.87. The lowest BCUT2D eigenvalue weighted by atomic mass is 9.99. The number of nitrogens with zero attached hydrogens (tertiary/aromatic N) is 5. The number of benzene rings is 2. The molecule has 2 amide bonds. The summed E-state index contributed by atoms with van der Waals surface area (Å²) in [7, 11) is 2.18. The van der Waals surface area contributed by atoms with E-state index in [1.54, 1.807) is 12.1 Å². The minimum Gasteiger partial charge on any atom is -0.369 e. The molecule has 0 radical (unpaired) electrons. The maximum absolute atomic E-state index is 13.1. The van der Waals surface area contributed by atoms with Gasteiger partial charge in [-0.05, 0) is 94.7 Å². The fourth-order valence-electron chi connectivity index (χ4n) is 5.67. The Bertz CT molecular complexity index is 1460. The van der Waals surface area contributed by atoms with Crippen LogP contribution in [0.25, 0.3) is 10.2 Å². The molecule has 0 N–H and O–H groups in total. The van der Waals surface area contributed by atoms with Crippen LogP contribution in [0.15, 0.2) is 48.6 Å². The number of carbonyl (C=O) groups excluding carboxylic acids is 3. The van der Waals surface area contributed by atoms with Crippen molar-refractivity contribution < 1.29 is 19.2 Å². The van der Waals surface area contributed by atoms with Crippen molar-refractivity contribution in [1.29, 1.82) is 0 Å². The van der Waals surface area contributed by atoms with E-state index in [9.17, 15) is 14.4 Å². The van der Waals surface area contributed by atoms with Crippen molar-refractivity contribution in [3.05, 3.63) is 65.2 Å². The number of piperidine rings is 1. The number of hydrogen-bond acceptors (Lipinski definition) is 8. The number of amides is 2. The molecule has 42 heavy (non-hydrogen) atoms. The molecular weight excluding hydrogens is 550 g/mol. The van der Waals surface area contributed by atoms with Gasteiger partial charge in [-0.25, -0.2) is 4.98 Å². The van der Waals surface area contributed by atoms with Crippen LogP contribution in [0.4, 0.5) is 5.13 Å². The lowest BCUT2D eigenvalue weighted by Gasteiger charge is -2.37. The smallest absolute Gasteiger partial charge is 0.259 e. The summed E-state index contributed by atoms with van der Waals surface area (Å²) in [4.78, 5) is 55.8. The Balaban J connectivity index is 1.20. The number of hydroxylamine groups is 1. The van der Waals surface area contributed by atoms with E-state index in [2.05, 4.69) is 21.8 Å². The molecule has 2 aliphatic heterocycles. The van der Waals surface area contributed by atoms with Gasteiger partial charge in [0.05, 0.1) is 10.2 Å². The Morgan fingerprint density at radius 3 is 2.45 bits per heavy atom. The Morgan fingerprint density at radius 1 is 0.952 bits per heavy atom.